The van der Waals surface area contributed by atoms with Crippen molar-refractivity contribution in [2.75, 3.05) is 25.0 Å². The van der Waals surface area contributed by atoms with E-state index in [2.05, 4.69) is 15.3 Å². The molecule has 8 heteroatoms. The van der Waals surface area contributed by atoms with E-state index in [-0.39, 0.29) is 5.92 Å². The first-order valence-electron chi connectivity index (χ1n) is 9.69. The molecule has 1 saturated heterocycles. The number of hydrogen-bond acceptors (Lipinski definition) is 6. The van der Waals surface area contributed by atoms with Crippen LogP contribution >= 0.6 is 0 Å². The second-order valence-electron chi connectivity index (χ2n) is 6.83. The van der Waals surface area contributed by atoms with Gasteiger partial charge in [0.2, 0.25) is 5.88 Å². The number of para-hydroxylation sites is 2. The fraction of sp³-hybridized carbons (Fsp3) is 0.333. The maximum Gasteiger partial charge on any atom is 0.314 e. The van der Waals surface area contributed by atoms with Crippen LogP contribution in [0.3, 0.4) is 0 Å². The second-order valence-corrected chi connectivity index (χ2v) is 6.83. The molecule has 4 rings (SSSR count). The number of amides is 2. The zero-order valence-electron chi connectivity index (χ0n) is 16.1. The van der Waals surface area contributed by atoms with Gasteiger partial charge in [-0.2, -0.15) is 0 Å². The number of piperidine rings is 1. The monoisotopic (exact) mass is 394 g/mol. The topological polar surface area (TPSA) is 97.6 Å². The summed E-state index contributed by atoms with van der Waals surface area (Å²) >= 11 is 0. The molecule has 1 fully saturated rings. The lowest BCUT2D eigenvalue weighted by molar-refractivity contribution is -0.143. The van der Waals surface area contributed by atoms with Crippen LogP contribution in [0.2, 0.25) is 0 Å². The van der Waals surface area contributed by atoms with Crippen LogP contribution in [0.1, 0.15) is 31.6 Å². The van der Waals surface area contributed by atoms with Gasteiger partial charge >= 0.3 is 11.8 Å². The minimum Gasteiger partial charge on any atom is -0.476 e. The Morgan fingerprint density at radius 3 is 2.76 bits per heavy atom. The Labute approximate surface area is 167 Å². The largest absolute Gasteiger partial charge is 0.476 e. The van der Waals surface area contributed by atoms with Crippen LogP contribution in [0.25, 0.3) is 11.1 Å². The third-order valence-electron chi connectivity index (χ3n) is 4.94. The van der Waals surface area contributed by atoms with E-state index in [1.165, 1.54) is 0 Å². The number of hydrogen-bond donors (Lipinski definition) is 1. The van der Waals surface area contributed by atoms with E-state index in [0.717, 1.165) is 11.1 Å². The molecule has 0 bridgehead atoms. The van der Waals surface area contributed by atoms with Crippen molar-refractivity contribution in [2.24, 2.45) is 0 Å². The van der Waals surface area contributed by atoms with Gasteiger partial charge in [-0.3, -0.25) is 9.59 Å². The van der Waals surface area contributed by atoms with Gasteiger partial charge in [0.15, 0.2) is 11.5 Å². The molecule has 3 aromatic rings. The Balaban J connectivity index is 1.36. The summed E-state index contributed by atoms with van der Waals surface area (Å²) in [6.45, 7) is 3.19. The summed E-state index contributed by atoms with van der Waals surface area (Å²) in [7, 11) is 0. The predicted octanol–water partition coefficient (Wildman–Crippen LogP) is 2.97. The SMILES string of the molecule is CCOc1ncccc1NC(=O)C(=O)N1CCC(c2nc3ccccc3o2)CC1. The van der Waals surface area contributed by atoms with Gasteiger partial charge in [-0.1, -0.05) is 12.1 Å². The molecule has 0 aliphatic carbocycles. The van der Waals surface area contributed by atoms with E-state index in [4.69, 9.17) is 9.15 Å². The van der Waals surface area contributed by atoms with Crippen molar-refractivity contribution in [3.05, 3.63) is 48.5 Å². The number of pyridine rings is 1. The number of ether oxygens (including phenoxy) is 1. The highest BCUT2D eigenvalue weighted by Crippen LogP contribution is 2.30. The van der Waals surface area contributed by atoms with E-state index < -0.39 is 11.8 Å². The number of rotatable bonds is 4. The molecule has 0 spiro atoms. The third kappa shape index (κ3) is 4.06. The first-order chi connectivity index (χ1) is 14.2. The number of aromatic nitrogens is 2. The Morgan fingerprint density at radius 2 is 2.00 bits per heavy atom. The molecular formula is C21H22N4O4. The van der Waals surface area contributed by atoms with E-state index in [1.54, 1.807) is 23.2 Å². The maximum atomic E-state index is 12.6. The van der Waals surface area contributed by atoms with Crippen LogP contribution in [0.4, 0.5) is 5.69 Å². The number of oxazole rings is 1. The molecule has 1 aliphatic heterocycles. The number of carbonyl (C=O) groups is 2. The van der Waals surface area contributed by atoms with Crippen LogP contribution in [-0.4, -0.2) is 46.4 Å². The lowest BCUT2D eigenvalue weighted by Crippen LogP contribution is -2.43. The molecular weight excluding hydrogens is 372 g/mol. The van der Waals surface area contributed by atoms with Crippen LogP contribution in [0, 0.1) is 0 Å². The van der Waals surface area contributed by atoms with Gasteiger partial charge in [0.25, 0.3) is 0 Å². The van der Waals surface area contributed by atoms with Gasteiger partial charge in [0.1, 0.15) is 11.2 Å². The van der Waals surface area contributed by atoms with E-state index in [9.17, 15) is 9.59 Å². The molecule has 0 atom stereocenters. The molecule has 0 saturated carbocycles. The predicted molar refractivity (Wildman–Crippen MR) is 107 cm³/mol. The van der Waals surface area contributed by atoms with Crippen LogP contribution in [0.5, 0.6) is 5.88 Å². The Kier molecular flexibility index (Phi) is 5.41. The maximum absolute atomic E-state index is 12.6. The molecule has 150 valence electrons. The smallest absolute Gasteiger partial charge is 0.314 e. The van der Waals surface area contributed by atoms with Gasteiger partial charge in [-0.15, -0.1) is 0 Å². The summed E-state index contributed by atoms with van der Waals surface area (Å²) in [6.07, 6.45) is 2.96. The lowest BCUT2D eigenvalue weighted by Gasteiger charge is -2.30. The number of likely N-dealkylation sites (tertiary alicyclic amines) is 1. The number of anilines is 1. The lowest BCUT2D eigenvalue weighted by atomic mass is 9.96. The minimum absolute atomic E-state index is 0.136. The first kappa shape index (κ1) is 18.9. The van der Waals surface area contributed by atoms with Crippen LogP contribution < -0.4 is 10.1 Å². The van der Waals surface area contributed by atoms with Crippen molar-refractivity contribution in [1.82, 2.24) is 14.9 Å². The fourth-order valence-corrected chi connectivity index (χ4v) is 3.45. The highest BCUT2D eigenvalue weighted by atomic mass is 16.5. The molecule has 0 radical (unpaired) electrons. The van der Waals surface area contributed by atoms with Crippen molar-refractivity contribution in [3.8, 4) is 5.88 Å². The summed E-state index contributed by atoms with van der Waals surface area (Å²) in [4.78, 5) is 35.2. The highest BCUT2D eigenvalue weighted by molar-refractivity contribution is 6.39. The summed E-state index contributed by atoms with van der Waals surface area (Å²) in [5.41, 5.74) is 1.98. The van der Waals surface area contributed by atoms with Crippen molar-refractivity contribution in [1.29, 1.82) is 0 Å². The Morgan fingerprint density at radius 1 is 1.21 bits per heavy atom. The number of carbonyl (C=O) groups excluding carboxylic acids is 2. The summed E-state index contributed by atoms with van der Waals surface area (Å²) < 4.78 is 11.2. The summed E-state index contributed by atoms with van der Waals surface area (Å²) in [5.74, 6) is -0.130. The average molecular weight is 394 g/mol. The van der Waals surface area contributed by atoms with Gasteiger partial charge in [-0.05, 0) is 44.0 Å². The van der Waals surface area contributed by atoms with Crippen molar-refractivity contribution < 1.29 is 18.7 Å². The molecule has 8 nitrogen and oxygen atoms in total. The van der Waals surface area contributed by atoms with Crippen molar-refractivity contribution >= 4 is 28.6 Å². The van der Waals surface area contributed by atoms with Crippen molar-refractivity contribution in [2.45, 2.75) is 25.7 Å². The fourth-order valence-electron chi connectivity index (χ4n) is 3.45. The molecule has 2 amide bonds. The quantitative estimate of drug-likeness (QED) is 0.683. The van der Waals surface area contributed by atoms with Crippen molar-refractivity contribution in [3.63, 3.8) is 0 Å². The number of nitrogens with zero attached hydrogens (tertiary/aromatic N) is 3. The average Bonchev–Trinajstić information content (AvgIpc) is 3.19. The van der Waals surface area contributed by atoms with Gasteiger partial charge < -0.3 is 19.4 Å². The zero-order chi connectivity index (χ0) is 20.2. The number of benzene rings is 1. The highest BCUT2D eigenvalue weighted by Gasteiger charge is 2.30. The van der Waals surface area contributed by atoms with E-state index in [0.29, 0.717) is 50.0 Å². The van der Waals surface area contributed by atoms with E-state index >= 15 is 0 Å². The normalized spacial score (nSPS) is 14.7. The Bertz CT molecular complexity index is 991. The van der Waals surface area contributed by atoms with Crippen LogP contribution in [0.15, 0.2) is 47.0 Å². The van der Waals surface area contributed by atoms with Crippen LogP contribution in [-0.2, 0) is 9.59 Å². The number of nitrogens with one attached hydrogen (secondary N) is 1. The molecule has 1 aliphatic rings. The molecule has 29 heavy (non-hydrogen) atoms. The molecule has 2 aromatic heterocycles. The van der Waals surface area contributed by atoms with Gasteiger partial charge in [0, 0.05) is 25.2 Å². The Hall–Kier alpha value is -3.42. The van der Waals surface area contributed by atoms with E-state index in [1.807, 2.05) is 31.2 Å². The molecule has 1 N–H and O–H groups in total. The van der Waals surface area contributed by atoms with Gasteiger partial charge in [-0.25, -0.2) is 9.97 Å². The molecule has 0 unspecified atom stereocenters. The molecule has 1 aromatic carbocycles. The second kappa shape index (κ2) is 8.30. The third-order valence-corrected chi connectivity index (χ3v) is 4.94. The zero-order valence-corrected chi connectivity index (χ0v) is 16.1. The summed E-state index contributed by atoms with van der Waals surface area (Å²) in [5, 5.41) is 2.60. The molecule has 3 heterocycles. The first-order valence-corrected chi connectivity index (χ1v) is 9.69. The summed E-state index contributed by atoms with van der Waals surface area (Å²) in [6, 6.07) is 11.0. The number of fused-ring (bicyclic) bond motifs is 1. The minimum atomic E-state index is -0.695. The van der Waals surface area contributed by atoms with Gasteiger partial charge in [0.05, 0.1) is 6.61 Å². The standard InChI is InChI=1S/C21H22N4O4/c1-2-28-20-16(7-5-11-22-20)23-18(26)21(27)25-12-9-14(10-13-25)19-24-15-6-3-4-8-17(15)29-19/h3-8,11,14H,2,9-10,12-13H2,1H3,(H,23,26).